The van der Waals surface area contributed by atoms with E-state index in [4.69, 9.17) is 4.74 Å². The molecular weight excluding hydrogens is 332 g/mol. The van der Waals surface area contributed by atoms with Crippen LogP contribution in [0.1, 0.15) is 56.3 Å². The number of hydrogen-bond acceptors (Lipinski definition) is 5. The van der Waals surface area contributed by atoms with E-state index in [2.05, 4.69) is 10.3 Å². The number of likely N-dealkylation sites (N-methyl/N-ethyl adjacent to an activating group) is 1. The number of hydrogen-bond donors (Lipinski definition) is 0. The Kier molecular flexibility index (Phi) is 5.85. The lowest BCUT2D eigenvalue weighted by molar-refractivity contribution is -0.137. The number of aromatic nitrogens is 3. The number of esters is 1. The highest BCUT2D eigenvalue weighted by Crippen LogP contribution is 2.22. The van der Waals surface area contributed by atoms with Gasteiger partial charge in [0.2, 0.25) is 0 Å². The minimum Gasteiger partial charge on any atom is -0.452 e. The molecule has 1 amide bonds. The summed E-state index contributed by atoms with van der Waals surface area (Å²) in [4.78, 5) is 26.6. The summed E-state index contributed by atoms with van der Waals surface area (Å²) < 4.78 is 7.02. The van der Waals surface area contributed by atoms with Gasteiger partial charge >= 0.3 is 5.97 Å². The summed E-state index contributed by atoms with van der Waals surface area (Å²) in [5.41, 5.74) is 1.90. The number of carbonyl (C=O) groups is 2. The summed E-state index contributed by atoms with van der Waals surface area (Å²) in [6.07, 6.45) is 5.64. The molecule has 7 nitrogen and oxygen atoms in total. The maximum atomic E-state index is 12.5. The van der Waals surface area contributed by atoms with Crippen LogP contribution in [-0.2, 0) is 16.1 Å². The smallest absolute Gasteiger partial charge is 0.338 e. The number of fused-ring (bicyclic) bond motifs is 1. The Hall–Kier alpha value is -2.44. The lowest BCUT2D eigenvalue weighted by Crippen LogP contribution is -2.43. The second kappa shape index (κ2) is 8.29. The molecule has 140 valence electrons. The van der Waals surface area contributed by atoms with Gasteiger partial charge in [0, 0.05) is 19.1 Å². The molecule has 3 rings (SSSR count). The zero-order valence-electron chi connectivity index (χ0n) is 15.5. The van der Waals surface area contributed by atoms with Gasteiger partial charge in [-0.25, -0.2) is 9.48 Å². The van der Waals surface area contributed by atoms with Crippen molar-refractivity contribution in [3.63, 3.8) is 0 Å². The van der Waals surface area contributed by atoms with E-state index in [9.17, 15) is 9.59 Å². The summed E-state index contributed by atoms with van der Waals surface area (Å²) in [6.45, 7) is 5.09. The molecule has 0 aliphatic heterocycles. The van der Waals surface area contributed by atoms with Crippen molar-refractivity contribution >= 4 is 22.9 Å². The Bertz CT molecular complexity index is 780. The average Bonchev–Trinajstić information content (AvgIpc) is 3.09. The van der Waals surface area contributed by atoms with Gasteiger partial charge in [0.05, 0.1) is 11.1 Å². The van der Waals surface area contributed by atoms with E-state index >= 15 is 0 Å². The minimum absolute atomic E-state index is 0.120. The topological polar surface area (TPSA) is 77.3 Å². The highest BCUT2D eigenvalue weighted by atomic mass is 16.5. The maximum Gasteiger partial charge on any atom is 0.338 e. The number of ether oxygens (including phenoxy) is 1. The van der Waals surface area contributed by atoms with E-state index < -0.39 is 5.97 Å². The first kappa shape index (κ1) is 18.4. The van der Waals surface area contributed by atoms with Crippen LogP contribution in [-0.4, -0.2) is 51.0 Å². The Labute approximate surface area is 153 Å². The molecule has 1 aliphatic rings. The molecule has 26 heavy (non-hydrogen) atoms. The van der Waals surface area contributed by atoms with Gasteiger partial charge in [0.25, 0.3) is 5.91 Å². The van der Waals surface area contributed by atoms with E-state index in [-0.39, 0.29) is 18.6 Å². The lowest BCUT2D eigenvalue weighted by Gasteiger charge is -2.33. The standard InChI is InChI=1S/C19H26N4O3/c1-3-22(15-8-6-5-7-9-15)18(24)13-26-19(25)14-10-11-17-16(12-14)20-21-23(17)4-2/h10-12,15H,3-9,13H2,1-2H3. The van der Waals surface area contributed by atoms with Crippen molar-refractivity contribution in [2.24, 2.45) is 0 Å². The summed E-state index contributed by atoms with van der Waals surface area (Å²) in [5.74, 6) is -0.628. The molecule has 0 saturated heterocycles. The fourth-order valence-corrected chi connectivity index (χ4v) is 3.66. The number of benzene rings is 1. The summed E-state index contributed by atoms with van der Waals surface area (Å²) in [5, 5.41) is 8.09. The molecule has 0 atom stereocenters. The molecule has 0 spiro atoms. The van der Waals surface area contributed by atoms with Crippen LogP contribution in [0.3, 0.4) is 0 Å². The fraction of sp³-hybridized carbons (Fsp3) is 0.579. The van der Waals surface area contributed by atoms with Gasteiger partial charge in [-0.15, -0.1) is 5.10 Å². The number of carbonyl (C=O) groups excluding carboxylic acids is 2. The van der Waals surface area contributed by atoms with Gasteiger partial charge in [-0.2, -0.15) is 0 Å². The van der Waals surface area contributed by atoms with Crippen LogP contribution in [0.2, 0.25) is 0 Å². The normalized spacial score (nSPS) is 15.2. The third-order valence-electron chi connectivity index (χ3n) is 5.05. The molecule has 2 aromatic rings. The van der Waals surface area contributed by atoms with Crippen molar-refractivity contribution in [3.05, 3.63) is 23.8 Å². The van der Waals surface area contributed by atoms with Gasteiger partial charge < -0.3 is 9.64 Å². The van der Waals surface area contributed by atoms with E-state index in [1.54, 1.807) is 22.9 Å². The van der Waals surface area contributed by atoms with Crippen LogP contribution in [0, 0.1) is 0 Å². The highest BCUT2D eigenvalue weighted by molar-refractivity contribution is 5.94. The van der Waals surface area contributed by atoms with E-state index in [0.29, 0.717) is 24.2 Å². The molecule has 1 aromatic heterocycles. The second-order valence-electron chi connectivity index (χ2n) is 6.66. The highest BCUT2D eigenvalue weighted by Gasteiger charge is 2.25. The molecule has 1 aliphatic carbocycles. The quantitative estimate of drug-likeness (QED) is 0.742. The van der Waals surface area contributed by atoms with Gasteiger partial charge in [-0.05, 0) is 44.9 Å². The summed E-state index contributed by atoms with van der Waals surface area (Å²) in [6, 6.07) is 5.42. The monoisotopic (exact) mass is 358 g/mol. The van der Waals surface area contributed by atoms with Gasteiger partial charge in [-0.3, -0.25) is 4.79 Å². The van der Waals surface area contributed by atoms with E-state index in [1.807, 2.05) is 18.7 Å². The molecule has 0 N–H and O–H groups in total. The summed E-state index contributed by atoms with van der Waals surface area (Å²) in [7, 11) is 0. The molecule has 1 aromatic carbocycles. The number of rotatable bonds is 6. The van der Waals surface area contributed by atoms with Crippen LogP contribution in [0.15, 0.2) is 18.2 Å². The largest absolute Gasteiger partial charge is 0.452 e. The van der Waals surface area contributed by atoms with Crippen LogP contribution >= 0.6 is 0 Å². The Balaban J connectivity index is 1.61. The molecule has 1 fully saturated rings. The maximum absolute atomic E-state index is 12.5. The molecular formula is C19H26N4O3. The molecule has 7 heteroatoms. The van der Waals surface area contributed by atoms with Crippen molar-refractivity contribution in [2.45, 2.75) is 58.5 Å². The van der Waals surface area contributed by atoms with Crippen LogP contribution < -0.4 is 0 Å². The third-order valence-corrected chi connectivity index (χ3v) is 5.05. The predicted octanol–water partition coefficient (Wildman–Crippen LogP) is 2.79. The third kappa shape index (κ3) is 3.86. The van der Waals surface area contributed by atoms with E-state index in [1.165, 1.54) is 6.42 Å². The van der Waals surface area contributed by atoms with Gasteiger partial charge in [0.15, 0.2) is 6.61 Å². The molecule has 1 saturated carbocycles. The minimum atomic E-state index is -0.508. The van der Waals surface area contributed by atoms with Crippen molar-refractivity contribution in [2.75, 3.05) is 13.2 Å². The van der Waals surface area contributed by atoms with Crippen molar-refractivity contribution < 1.29 is 14.3 Å². The zero-order valence-corrected chi connectivity index (χ0v) is 15.5. The number of amides is 1. The predicted molar refractivity (Wildman–Crippen MR) is 97.7 cm³/mol. The Morgan fingerprint density at radius 2 is 2.00 bits per heavy atom. The van der Waals surface area contributed by atoms with Crippen molar-refractivity contribution in [3.8, 4) is 0 Å². The number of aryl methyl sites for hydroxylation is 1. The number of nitrogens with zero attached hydrogens (tertiary/aromatic N) is 4. The zero-order chi connectivity index (χ0) is 18.5. The summed E-state index contributed by atoms with van der Waals surface area (Å²) >= 11 is 0. The SMILES string of the molecule is CCN(C(=O)COC(=O)c1ccc2c(c1)nnn2CC)C1CCCCC1. The lowest BCUT2D eigenvalue weighted by atomic mass is 9.94. The molecule has 0 bridgehead atoms. The first-order chi connectivity index (χ1) is 12.6. The Morgan fingerprint density at radius 1 is 1.23 bits per heavy atom. The Morgan fingerprint density at radius 3 is 2.69 bits per heavy atom. The van der Waals surface area contributed by atoms with Gasteiger partial charge in [-0.1, -0.05) is 24.5 Å². The van der Waals surface area contributed by atoms with Crippen LogP contribution in [0.4, 0.5) is 0 Å². The van der Waals surface area contributed by atoms with Crippen molar-refractivity contribution in [1.82, 2.24) is 19.9 Å². The first-order valence-electron chi connectivity index (χ1n) is 9.43. The fourth-order valence-electron chi connectivity index (χ4n) is 3.66. The second-order valence-corrected chi connectivity index (χ2v) is 6.66. The molecule has 1 heterocycles. The van der Waals surface area contributed by atoms with E-state index in [0.717, 1.165) is 31.2 Å². The van der Waals surface area contributed by atoms with Crippen molar-refractivity contribution in [1.29, 1.82) is 0 Å². The average molecular weight is 358 g/mol. The van der Waals surface area contributed by atoms with Crippen LogP contribution in [0.25, 0.3) is 11.0 Å². The van der Waals surface area contributed by atoms with Crippen LogP contribution in [0.5, 0.6) is 0 Å². The molecule has 0 unspecified atom stereocenters. The van der Waals surface area contributed by atoms with Gasteiger partial charge in [0.1, 0.15) is 5.52 Å². The first-order valence-corrected chi connectivity index (χ1v) is 9.43. The molecule has 0 radical (unpaired) electrons.